The molecule has 2 atom stereocenters. The molecule has 0 spiro atoms. The van der Waals surface area contributed by atoms with E-state index < -0.39 is 12.7 Å². The summed E-state index contributed by atoms with van der Waals surface area (Å²) >= 11 is 0. The minimum Gasteiger partial charge on any atom is -0.352 e. The molecule has 0 bridgehead atoms. The Balaban J connectivity index is 0.00000242. The largest absolute Gasteiger partial charge is 0.401 e. The van der Waals surface area contributed by atoms with Crippen LogP contribution in [0.25, 0.3) is 0 Å². The molecule has 0 aliphatic carbocycles. The zero-order valence-electron chi connectivity index (χ0n) is 13.2. The molecule has 0 radical (unpaired) electrons. The van der Waals surface area contributed by atoms with Crippen LogP contribution in [-0.2, 0) is 0 Å². The number of aliphatic imine (C=N–C) groups is 1. The lowest BCUT2D eigenvalue weighted by atomic mass is 10.0. The number of hydrogen-bond donors (Lipinski definition) is 1. The van der Waals surface area contributed by atoms with Gasteiger partial charge in [-0.2, -0.15) is 13.2 Å². The van der Waals surface area contributed by atoms with E-state index in [2.05, 4.69) is 22.1 Å². The average molecular weight is 434 g/mol. The van der Waals surface area contributed by atoms with Crippen molar-refractivity contribution in [1.82, 2.24) is 15.1 Å². The van der Waals surface area contributed by atoms with E-state index in [4.69, 9.17) is 0 Å². The molecule has 2 aliphatic heterocycles. The van der Waals surface area contributed by atoms with Crippen LogP contribution in [0.1, 0.15) is 26.2 Å². The van der Waals surface area contributed by atoms with E-state index in [1.165, 1.54) is 11.3 Å². The standard InChI is InChI=1S/C14H25F3N4.HI/c1-11-4-3-6-21(8-11)13(18-2)19-12-5-7-20(9-12)10-14(15,16)17;/h11-12H,3-10H2,1-2H3,(H,18,19);1H. The Morgan fingerprint density at radius 3 is 2.55 bits per heavy atom. The first-order chi connectivity index (χ1) is 9.87. The Labute approximate surface area is 147 Å². The molecule has 0 amide bonds. The third-order valence-corrected chi connectivity index (χ3v) is 4.18. The van der Waals surface area contributed by atoms with Gasteiger partial charge in [0.25, 0.3) is 0 Å². The van der Waals surface area contributed by atoms with Gasteiger partial charge in [-0.15, -0.1) is 24.0 Å². The number of guanidine groups is 1. The molecule has 0 aromatic carbocycles. The number of halogens is 4. The maximum Gasteiger partial charge on any atom is 0.401 e. The van der Waals surface area contributed by atoms with Gasteiger partial charge in [0.2, 0.25) is 0 Å². The molecular formula is C14H26F3IN4. The highest BCUT2D eigenvalue weighted by atomic mass is 127. The maximum atomic E-state index is 12.4. The summed E-state index contributed by atoms with van der Waals surface area (Å²) in [5.74, 6) is 1.48. The smallest absolute Gasteiger partial charge is 0.352 e. The summed E-state index contributed by atoms with van der Waals surface area (Å²) in [5, 5.41) is 3.34. The lowest BCUT2D eigenvalue weighted by molar-refractivity contribution is -0.143. The molecule has 2 fully saturated rings. The number of nitrogens with zero attached hydrogens (tertiary/aromatic N) is 3. The fourth-order valence-corrected chi connectivity index (χ4v) is 3.21. The van der Waals surface area contributed by atoms with Crippen LogP contribution in [0.3, 0.4) is 0 Å². The van der Waals surface area contributed by atoms with Gasteiger partial charge in [0.1, 0.15) is 0 Å². The Morgan fingerprint density at radius 2 is 1.95 bits per heavy atom. The van der Waals surface area contributed by atoms with Gasteiger partial charge in [0, 0.05) is 39.3 Å². The van der Waals surface area contributed by atoms with Crippen molar-refractivity contribution in [2.24, 2.45) is 10.9 Å². The van der Waals surface area contributed by atoms with Crippen molar-refractivity contribution in [2.45, 2.75) is 38.4 Å². The van der Waals surface area contributed by atoms with Crippen molar-refractivity contribution < 1.29 is 13.2 Å². The van der Waals surface area contributed by atoms with Crippen LogP contribution in [0.2, 0.25) is 0 Å². The molecule has 8 heteroatoms. The van der Waals surface area contributed by atoms with Crippen LogP contribution in [0.5, 0.6) is 0 Å². The van der Waals surface area contributed by atoms with Crippen molar-refractivity contribution >= 4 is 29.9 Å². The first kappa shape index (κ1) is 19.8. The molecule has 22 heavy (non-hydrogen) atoms. The Morgan fingerprint density at radius 1 is 1.23 bits per heavy atom. The van der Waals surface area contributed by atoms with Crippen LogP contribution in [0.15, 0.2) is 4.99 Å². The second kappa shape index (κ2) is 8.56. The molecule has 0 aromatic rings. The molecule has 0 saturated carbocycles. The van der Waals surface area contributed by atoms with Gasteiger partial charge in [-0.1, -0.05) is 6.92 Å². The van der Waals surface area contributed by atoms with E-state index in [0.29, 0.717) is 19.0 Å². The minimum absolute atomic E-state index is 0. The Hall–Kier alpha value is -0.250. The van der Waals surface area contributed by atoms with E-state index in [1.807, 2.05) is 0 Å². The lowest BCUT2D eigenvalue weighted by Gasteiger charge is -2.34. The zero-order chi connectivity index (χ0) is 15.5. The molecule has 2 saturated heterocycles. The fourth-order valence-electron chi connectivity index (χ4n) is 3.21. The van der Waals surface area contributed by atoms with Gasteiger partial charge in [0.15, 0.2) is 5.96 Å². The van der Waals surface area contributed by atoms with Crippen molar-refractivity contribution in [3.8, 4) is 0 Å². The highest BCUT2D eigenvalue weighted by Crippen LogP contribution is 2.20. The summed E-state index contributed by atoms with van der Waals surface area (Å²) in [4.78, 5) is 7.98. The second-order valence-electron chi connectivity index (χ2n) is 6.22. The maximum absolute atomic E-state index is 12.4. The first-order valence-corrected chi connectivity index (χ1v) is 7.65. The van der Waals surface area contributed by atoms with Gasteiger partial charge in [-0.3, -0.25) is 9.89 Å². The van der Waals surface area contributed by atoms with E-state index in [-0.39, 0.29) is 30.0 Å². The van der Waals surface area contributed by atoms with Gasteiger partial charge < -0.3 is 10.2 Å². The van der Waals surface area contributed by atoms with Crippen molar-refractivity contribution in [1.29, 1.82) is 0 Å². The van der Waals surface area contributed by atoms with Crippen LogP contribution >= 0.6 is 24.0 Å². The topological polar surface area (TPSA) is 30.9 Å². The SMILES string of the molecule is CN=C(NC1CCN(CC(F)(F)F)C1)N1CCCC(C)C1.I. The molecule has 4 nitrogen and oxygen atoms in total. The first-order valence-electron chi connectivity index (χ1n) is 7.65. The van der Waals surface area contributed by atoms with E-state index in [1.54, 1.807) is 7.05 Å². The number of rotatable bonds is 2. The number of nitrogens with one attached hydrogen (secondary N) is 1. The van der Waals surface area contributed by atoms with E-state index >= 15 is 0 Å². The van der Waals surface area contributed by atoms with Crippen LogP contribution in [0, 0.1) is 5.92 Å². The predicted octanol–water partition coefficient (Wildman–Crippen LogP) is 2.55. The molecular weight excluding hydrogens is 408 g/mol. The van der Waals surface area contributed by atoms with Gasteiger partial charge in [-0.05, 0) is 25.2 Å². The van der Waals surface area contributed by atoms with Crippen molar-refractivity contribution in [3.63, 3.8) is 0 Å². The third-order valence-electron chi connectivity index (χ3n) is 4.18. The van der Waals surface area contributed by atoms with E-state index in [9.17, 15) is 13.2 Å². The van der Waals surface area contributed by atoms with Crippen LogP contribution in [0.4, 0.5) is 13.2 Å². The fraction of sp³-hybridized carbons (Fsp3) is 0.929. The lowest BCUT2D eigenvalue weighted by Crippen LogP contribution is -2.50. The molecule has 2 aliphatic rings. The normalized spacial score (nSPS) is 27.7. The minimum atomic E-state index is -4.11. The molecule has 0 aromatic heterocycles. The molecule has 1 N–H and O–H groups in total. The zero-order valence-corrected chi connectivity index (χ0v) is 15.5. The Bertz CT molecular complexity index is 376. The average Bonchev–Trinajstić information content (AvgIpc) is 2.81. The molecule has 130 valence electrons. The van der Waals surface area contributed by atoms with E-state index in [0.717, 1.165) is 31.9 Å². The third kappa shape index (κ3) is 6.10. The van der Waals surface area contributed by atoms with Crippen LogP contribution in [-0.4, -0.2) is 67.7 Å². The number of alkyl halides is 3. The van der Waals surface area contributed by atoms with Gasteiger partial charge in [-0.25, -0.2) is 0 Å². The summed E-state index contributed by atoms with van der Waals surface area (Å²) in [6, 6.07) is 0.0586. The van der Waals surface area contributed by atoms with Gasteiger partial charge in [0.05, 0.1) is 6.54 Å². The Kier molecular flexibility index (Phi) is 7.70. The summed E-state index contributed by atoms with van der Waals surface area (Å²) < 4.78 is 37.2. The van der Waals surface area contributed by atoms with Gasteiger partial charge >= 0.3 is 6.18 Å². The quantitative estimate of drug-likeness (QED) is 0.412. The summed E-state index contributed by atoms with van der Waals surface area (Å²) in [6.45, 7) is 4.28. The van der Waals surface area contributed by atoms with Crippen molar-refractivity contribution in [2.75, 3.05) is 39.8 Å². The second-order valence-corrected chi connectivity index (χ2v) is 6.22. The monoisotopic (exact) mass is 434 g/mol. The summed E-state index contributed by atoms with van der Waals surface area (Å²) in [5.41, 5.74) is 0. The highest BCUT2D eigenvalue weighted by molar-refractivity contribution is 14.0. The predicted molar refractivity (Wildman–Crippen MR) is 92.8 cm³/mol. The highest BCUT2D eigenvalue weighted by Gasteiger charge is 2.34. The summed E-state index contributed by atoms with van der Waals surface area (Å²) in [7, 11) is 1.74. The molecule has 2 rings (SSSR count). The van der Waals surface area contributed by atoms with Crippen molar-refractivity contribution in [3.05, 3.63) is 0 Å². The number of likely N-dealkylation sites (tertiary alicyclic amines) is 2. The summed E-state index contributed by atoms with van der Waals surface area (Å²) in [6.07, 6.45) is -1.000. The molecule has 2 heterocycles. The van der Waals surface area contributed by atoms with Crippen LogP contribution < -0.4 is 5.32 Å². The number of hydrogen-bond acceptors (Lipinski definition) is 2. The molecule has 2 unspecified atom stereocenters. The number of piperidine rings is 1.